The van der Waals surface area contributed by atoms with Gasteiger partial charge in [-0.15, -0.1) is 0 Å². The zero-order chi connectivity index (χ0) is 13.4. The Balaban J connectivity index is 2.64. The summed E-state index contributed by atoms with van der Waals surface area (Å²) >= 11 is 0. The first kappa shape index (κ1) is 14.2. The Hall–Kier alpha value is -1.84. The highest BCUT2D eigenvalue weighted by molar-refractivity contribution is 5.73. The smallest absolute Gasteiger partial charge is 0.305 e. The van der Waals surface area contributed by atoms with Crippen molar-refractivity contribution in [3.05, 3.63) is 35.9 Å². The monoisotopic (exact) mass is 250 g/mol. The highest BCUT2D eigenvalue weighted by Gasteiger charge is 2.19. The fourth-order valence-corrected chi connectivity index (χ4v) is 1.80. The summed E-state index contributed by atoms with van der Waals surface area (Å²) in [5.74, 6) is -0.702. The van der Waals surface area contributed by atoms with Crippen molar-refractivity contribution in [2.45, 2.75) is 19.3 Å². The van der Waals surface area contributed by atoms with Crippen LogP contribution in [0, 0.1) is 5.92 Å². The average molecular weight is 250 g/mol. The van der Waals surface area contributed by atoms with Crippen LogP contribution in [0.5, 0.6) is 0 Å². The van der Waals surface area contributed by atoms with Crippen LogP contribution >= 0.6 is 0 Å². The van der Waals surface area contributed by atoms with Gasteiger partial charge in [0.1, 0.15) is 0 Å². The Morgan fingerprint density at radius 2 is 1.50 bits per heavy atom. The number of carbonyl (C=O) groups is 2. The summed E-state index contributed by atoms with van der Waals surface area (Å²) in [5, 5.41) is 0. The summed E-state index contributed by atoms with van der Waals surface area (Å²) < 4.78 is 9.29. The van der Waals surface area contributed by atoms with E-state index in [2.05, 4.69) is 9.47 Å². The third-order valence-electron chi connectivity index (χ3n) is 2.73. The topological polar surface area (TPSA) is 52.6 Å². The quantitative estimate of drug-likeness (QED) is 0.724. The van der Waals surface area contributed by atoms with E-state index in [4.69, 9.17) is 0 Å². The van der Waals surface area contributed by atoms with Crippen molar-refractivity contribution < 1.29 is 19.1 Å². The van der Waals surface area contributed by atoms with E-state index in [1.807, 2.05) is 30.3 Å². The van der Waals surface area contributed by atoms with E-state index in [0.29, 0.717) is 6.42 Å². The highest BCUT2D eigenvalue weighted by atomic mass is 16.5. The Bertz CT molecular complexity index is 368. The Kier molecular flexibility index (Phi) is 5.91. The van der Waals surface area contributed by atoms with Gasteiger partial charge in [-0.3, -0.25) is 9.59 Å². The van der Waals surface area contributed by atoms with Gasteiger partial charge < -0.3 is 9.47 Å². The lowest BCUT2D eigenvalue weighted by Crippen LogP contribution is -2.17. The fourth-order valence-electron chi connectivity index (χ4n) is 1.80. The third-order valence-corrected chi connectivity index (χ3v) is 2.73. The average Bonchev–Trinajstić information content (AvgIpc) is 2.39. The van der Waals surface area contributed by atoms with Crippen molar-refractivity contribution in [1.29, 1.82) is 0 Å². The molecule has 0 radical (unpaired) electrons. The molecule has 18 heavy (non-hydrogen) atoms. The molecule has 1 aromatic rings. The van der Waals surface area contributed by atoms with Gasteiger partial charge in [-0.25, -0.2) is 0 Å². The van der Waals surface area contributed by atoms with Crippen LogP contribution in [0.4, 0.5) is 0 Å². The van der Waals surface area contributed by atoms with Gasteiger partial charge in [-0.1, -0.05) is 30.3 Å². The van der Waals surface area contributed by atoms with Gasteiger partial charge in [0.2, 0.25) is 0 Å². The predicted octanol–water partition coefficient (Wildman–Crippen LogP) is 1.97. The molecular weight excluding hydrogens is 232 g/mol. The first-order valence-corrected chi connectivity index (χ1v) is 5.83. The fraction of sp³-hybridized carbons (Fsp3) is 0.429. The van der Waals surface area contributed by atoms with Gasteiger partial charge in [0.05, 0.1) is 14.2 Å². The second kappa shape index (κ2) is 7.48. The second-order valence-corrected chi connectivity index (χ2v) is 4.12. The highest BCUT2D eigenvalue weighted by Crippen LogP contribution is 2.17. The molecule has 0 amide bonds. The lowest BCUT2D eigenvalue weighted by atomic mass is 9.93. The zero-order valence-electron chi connectivity index (χ0n) is 10.7. The maximum atomic E-state index is 11.3. The third kappa shape index (κ3) is 4.99. The molecule has 0 bridgehead atoms. The van der Waals surface area contributed by atoms with Crippen LogP contribution in [0.3, 0.4) is 0 Å². The van der Waals surface area contributed by atoms with Crippen molar-refractivity contribution in [3.63, 3.8) is 0 Å². The van der Waals surface area contributed by atoms with Gasteiger partial charge >= 0.3 is 11.9 Å². The summed E-state index contributed by atoms with van der Waals surface area (Å²) in [4.78, 5) is 22.6. The minimum Gasteiger partial charge on any atom is -0.469 e. The molecule has 4 heteroatoms. The molecule has 0 aliphatic carbocycles. The Morgan fingerprint density at radius 1 is 1.00 bits per heavy atom. The molecular formula is C14H18O4. The molecule has 0 aliphatic rings. The maximum absolute atomic E-state index is 11.3. The standard InChI is InChI=1S/C14H18O4/c1-17-13(15)9-12(10-14(16)18-2)8-11-6-4-3-5-7-11/h3-7,12H,8-10H2,1-2H3. The molecule has 0 aliphatic heterocycles. The minimum atomic E-state index is -0.306. The van der Waals surface area contributed by atoms with E-state index >= 15 is 0 Å². The lowest BCUT2D eigenvalue weighted by Gasteiger charge is -2.14. The SMILES string of the molecule is COC(=O)CC(CC(=O)OC)Cc1ccccc1. The maximum Gasteiger partial charge on any atom is 0.305 e. The minimum absolute atomic E-state index is 0.0905. The summed E-state index contributed by atoms with van der Waals surface area (Å²) in [6, 6.07) is 9.74. The summed E-state index contributed by atoms with van der Waals surface area (Å²) in [5.41, 5.74) is 1.09. The number of methoxy groups -OCH3 is 2. The molecule has 4 nitrogen and oxygen atoms in total. The van der Waals surface area contributed by atoms with E-state index in [9.17, 15) is 9.59 Å². The number of rotatable bonds is 6. The molecule has 1 rings (SSSR count). The summed E-state index contributed by atoms with van der Waals surface area (Å²) in [7, 11) is 2.69. The number of ether oxygens (including phenoxy) is 2. The largest absolute Gasteiger partial charge is 0.469 e. The van der Waals surface area contributed by atoms with Crippen molar-refractivity contribution in [1.82, 2.24) is 0 Å². The first-order chi connectivity index (χ1) is 8.65. The molecule has 0 N–H and O–H groups in total. The van der Waals surface area contributed by atoms with E-state index in [1.54, 1.807) is 0 Å². The van der Waals surface area contributed by atoms with Crippen molar-refractivity contribution in [2.24, 2.45) is 5.92 Å². The normalized spacial score (nSPS) is 10.2. The molecule has 98 valence electrons. The number of benzene rings is 1. The van der Waals surface area contributed by atoms with E-state index in [1.165, 1.54) is 14.2 Å². The second-order valence-electron chi connectivity index (χ2n) is 4.12. The van der Waals surface area contributed by atoms with Crippen LogP contribution in [0.1, 0.15) is 18.4 Å². The van der Waals surface area contributed by atoms with Gasteiger partial charge in [-0.05, 0) is 17.9 Å². The number of hydrogen-bond acceptors (Lipinski definition) is 4. The lowest BCUT2D eigenvalue weighted by molar-refractivity contribution is -0.144. The molecule has 0 atom stereocenters. The van der Waals surface area contributed by atoms with Crippen molar-refractivity contribution >= 4 is 11.9 Å². The predicted molar refractivity (Wildman–Crippen MR) is 66.9 cm³/mol. The molecule has 0 unspecified atom stereocenters. The van der Waals surface area contributed by atoms with Crippen molar-refractivity contribution in [2.75, 3.05) is 14.2 Å². The van der Waals surface area contributed by atoms with Crippen LogP contribution in [0.2, 0.25) is 0 Å². The van der Waals surface area contributed by atoms with E-state index in [-0.39, 0.29) is 30.7 Å². The van der Waals surface area contributed by atoms with Gasteiger partial charge in [0, 0.05) is 12.8 Å². The van der Waals surface area contributed by atoms with Crippen LogP contribution in [0.25, 0.3) is 0 Å². The zero-order valence-corrected chi connectivity index (χ0v) is 10.7. The van der Waals surface area contributed by atoms with Crippen LogP contribution in [-0.4, -0.2) is 26.2 Å². The Morgan fingerprint density at radius 3 is 1.94 bits per heavy atom. The number of hydrogen-bond donors (Lipinski definition) is 0. The number of esters is 2. The summed E-state index contributed by atoms with van der Waals surface area (Å²) in [6.07, 6.45) is 1.10. The Labute approximate surface area is 107 Å². The van der Waals surface area contributed by atoms with Crippen LogP contribution < -0.4 is 0 Å². The molecule has 0 aromatic heterocycles. The molecule has 0 fully saturated rings. The molecule has 1 aromatic carbocycles. The van der Waals surface area contributed by atoms with E-state index in [0.717, 1.165) is 5.56 Å². The molecule has 0 saturated heterocycles. The van der Waals surface area contributed by atoms with Crippen LogP contribution in [0.15, 0.2) is 30.3 Å². The molecule has 0 saturated carbocycles. The van der Waals surface area contributed by atoms with Gasteiger partial charge in [0.25, 0.3) is 0 Å². The van der Waals surface area contributed by atoms with E-state index < -0.39 is 0 Å². The molecule has 0 heterocycles. The number of carbonyl (C=O) groups excluding carboxylic acids is 2. The van der Waals surface area contributed by atoms with Gasteiger partial charge in [0.15, 0.2) is 0 Å². The first-order valence-electron chi connectivity index (χ1n) is 5.83. The molecule has 0 spiro atoms. The summed E-state index contributed by atoms with van der Waals surface area (Å²) in [6.45, 7) is 0. The van der Waals surface area contributed by atoms with Crippen molar-refractivity contribution in [3.8, 4) is 0 Å². The van der Waals surface area contributed by atoms with Crippen LogP contribution in [-0.2, 0) is 25.5 Å². The van der Waals surface area contributed by atoms with Gasteiger partial charge in [-0.2, -0.15) is 0 Å².